The fraction of sp³-hybridized carbons (Fsp3) is 0.0172. The first kappa shape index (κ1) is 34.6. The van der Waals surface area contributed by atoms with Crippen LogP contribution in [0.1, 0.15) is 22.3 Å². The first-order valence-corrected chi connectivity index (χ1v) is 21.1. The lowest BCUT2D eigenvalue weighted by Gasteiger charge is -2.39. The summed E-state index contributed by atoms with van der Waals surface area (Å²) in [6.07, 6.45) is 0. The molecular formula is C58H35N3O. The van der Waals surface area contributed by atoms with E-state index in [0.29, 0.717) is 0 Å². The van der Waals surface area contributed by atoms with Crippen LogP contribution in [-0.2, 0) is 5.41 Å². The predicted molar refractivity (Wildman–Crippen MR) is 251 cm³/mol. The number of aromatic nitrogens is 3. The molecular weight excluding hydrogens is 755 g/mol. The van der Waals surface area contributed by atoms with Crippen LogP contribution < -0.4 is 4.74 Å². The largest absolute Gasteiger partial charge is 0.457 e. The first-order valence-electron chi connectivity index (χ1n) is 21.1. The van der Waals surface area contributed by atoms with Crippen molar-refractivity contribution >= 4 is 32.7 Å². The number of rotatable bonds is 4. The molecule has 62 heavy (non-hydrogen) atoms. The summed E-state index contributed by atoms with van der Waals surface area (Å²) >= 11 is 0. The van der Waals surface area contributed by atoms with Crippen LogP contribution in [0.4, 0.5) is 0 Å². The van der Waals surface area contributed by atoms with Crippen molar-refractivity contribution in [3.63, 3.8) is 0 Å². The number of ether oxygens (including phenoxy) is 1. The van der Waals surface area contributed by atoms with Gasteiger partial charge in [0.15, 0.2) is 0 Å². The average Bonchev–Trinajstić information content (AvgIpc) is 3.62. The summed E-state index contributed by atoms with van der Waals surface area (Å²) in [4.78, 5) is 16.0. The van der Waals surface area contributed by atoms with Gasteiger partial charge < -0.3 is 4.74 Å². The summed E-state index contributed by atoms with van der Waals surface area (Å²) < 4.78 is 6.65. The SMILES string of the molecule is c1ccc(-c2nc3ccc(-c4ccc5c(c4)nc(-c4ccccc4)c4cc6c(cc45)C4(c5ccccc5Oc5ccccc54)c4ccccc4-6)cc3nc2-c2ccccc2)cc1. The first-order chi connectivity index (χ1) is 30.7. The van der Waals surface area contributed by atoms with E-state index >= 15 is 0 Å². The second-order valence-corrected chi connectivity index (χ2v) is 16.2. The number of benzene rings is 9. The summed E-state index contributed by atoms with van der Waals surface area (Å²) in [6.45, 7) is 0. The van der Waals surface area contributed by atoms with Crippen molar-refractivity contribution in [2.75, 3.05) is 0 Å². The zero-order valence-corrected chi connectivity index (χ0v) is 33.5. The minimum absolute atomic E-state index is 0.570. The Labute approximate surface area is 358 Å². The van der Waals surface area contributed by atoms with Gasteiger partial charge in [0.2, 0.25) is 0 Å². The van der Waals surface area contributed by atoms with E-state index in [1.54, 1.807) is 0 Å². The zero-order valence-electron chi connectivity index (χ0n) is 33.5. The van der Waals surface area contributed by atoms with E-state index in [2.05, 4.69) is 188 Å². The van der Waals surface area contributed by atoms with Crippen molar-refractivity contribution in [2.45, 2.75) is 5.41 Å². The summed E-state index contributed by atoms with van der Waals surface area (Å²) in [6, 6.07) is 75.3. The molecule has 0 fully saturated rings. The van der Waals surface area contributed by atoms with Gasteiger partial charge in [-0.3, -0.25) is 0 Å². The molecule has 1 aliphatic heterocycles. The van der Waals surface area contributed by atoms with E-state index in [9.17, 15) is 0 Å². The molecule has 2 aromatic heterocycles. The molecule has 9 aromatic carbocycles. The molecule has 288 valence electrons. The van der Waals surface area contributed by atoms with E-state index in [-0.39, 0.29) is 0 Å². The fourth-order valence-electron chi connectivity index (χ4n) is 10.2. The van der Waals surface area contributed by atoms with E-state index in [4.69, 9.17) is 19.7 Å². The lowest BCUT2D eigenvalue weighted by atomic mass is 9.66. The van der Waals surface area contributed by atoms with Crippen molar-refractivity contribution in [1.82, 2.24) is 15.0 Å². The van der Waals surface area contributed by atoms with Crippen LogP contribution >= 0.6 is 0 Å². The van der Waals surface area contributed by atoms with Gasteiger partial charge in [-0.15, -0.1) is 0 Å². The summed E-state index contributed by atoms with van der Waals surface area (Å²) in [5.74, 6) is 1.77. The van der Waals surface area contributed by atoms with E-state index in [1.165, 1.54) is 22.3 Å². The number of para-hydroxylation sites is 2. The minimum Gasteiger partial charge on any atom is -0.457 e. The Morgan fingerprint density at radius 3 is 1.44 bits per heavy atom. The number of pyridine rings is 1. The van der Waals surface area contributed by atoms with Gasteiger partial charge in [0.25, 0.3) is 0 Å². The molecule has 0 N–H and O–H groups in total. The molecule has 0 bridgehead atoms. The molecule has 0 unspecified atom stereocenters. The van der Waals surface area contributed by atoms with Crippen LogP contribution in [0.3, 0.4) is 0 Å². The molecule has 13 rings (SSSR count). The molecule has 0 radical (unpaired) electrons. The highest BCUT2D eigenvalue weighted by Crippen LogP contribution is 2.62. The lowest BCUT2D eigenvalue weighted by molar-refractivity contribution is 0.436. The monoisotopic (exact) mass is 789 g/mol. The van der Waals surface area contributed by atoms with Crippen LogP contribution in [0.2, 0.25) is 0 Å². The molecule has 0 saturated carbocycles. The molecule has 3 heterocycles. The Bertz CT molecular complexity index is 3560. The molecule has 0 amide bonds. The second-order valence-electron chi connectivity index (χ2n) is 16.2. The van der Waals surface area contributed by atoms with Crippen molar-refractivity contribution in [1.29, 1.82) is 0 Å². The second kappa shape index (κ2) is 13.4. The van der Waals surface area contributed by atoms with Gasteiger partial charge in [0.05, 0.1) is 39.0 Å². The highest BCUT2D eigenvalue weighted by atomic mass is 16.5. The molecule has 0 atom stereocenters. The van der Waals surface area contributed by atoms with E-state index in [1.807, 2.05) is 24.3 Å². The molecule has 1 spiro atoms. The topological polar surface area (TPSA) is 47.9 Å². The third kappa shape index (κ3) is 5.04. The Morgan fingerprint density at radius 2 is 0.790 bits per heavy atom. The van der Waals surface area contributed by atoms with Crippen LogP contribution in [0, 0.1) is 0 Å². The third-order valence-corrected chi connectivity index (χ3v) is 12.9. The van der Waals surface area contributed by atoms with Crippen molar-refractivity contribution in [2.24, 2.45) is 0 Å². The van der Waals surface area contributed by atoms with Crippen LogP contribution in [-0.4, -0.2) is 15.0 Å². The maximum Gasteiger partial charge on any atom is 0.132 e. The van der Waals surface area contributed by atoms with Crippen LogP contribution in [0.15, 0.2) is 212 Å². The maximum absolute atomic E-state index is 6.65. The van der Waals surface area contributed by atoms with Gasteiger partial charge in [-0.2, -0.15) is 0 Å². The lowest BCUT2D eigenvalue weighted by Crippen LogP contribution is -2.32. The van der Waals surface area contributed by atoms with Gasteiger partial charge in [0.1, 0.15) is 11.5 Å². The molecule has 2 aliphatic rings. The number of hydrogen-bond donors (Lipinski definition) is 0. The zero-order chi connectivity index (χ0) is 40.8. The molecule has 4 nitrogen and oxygen atoms in total. The van der Waals surface area contributed by atoms with Gasteiger partial charge >= 0.3 is 0 Å². The summed E-state index contributed by atoms with van der Waals surface area (Å²) in [5.41, 5.74) is 17.3. The molecule has 1 aliphatic carbocycles. The Balaban J connectivity index is 1.05. The predicted octanol–water partition coefficient (Wildman–Crippen LogP) is 14.5. The van der Waals surface area contributed by atoms with Gasteiger partial charge in [-0.05, 0) is 81.2 Å². The van der Waals surface area contributed by atoms with E-state index in [0.717, 1.165) is 100 Å². The third-order valence-electron chi connectivity index (χ3n) is 12.9. The molecule has 11 aromatic rings. The highest BCUT2D eigenvalue weighted by molar-refractivity contribution is 6.14. The van der Waals surface area contributed by atoms with Crippen molar-refractivity contribution < 1.29 is 4.74 Å². The van der Waals surface area contributed by atoms with Gasteiger partial charge in [0, 0.05) is 38.6 Å². The standard InChI is InChI=1S/C58H35N3O/c1-4-16-36(17-5-1)55-45-34-44-41-22-10-11-23-46(41)58(47-24-12-14-26-53(47)62-54-27-15-13-25-48(54)58)49(44)35-43(45)42-30-28-39(32-51(42)60-55)40-29-31-50-52(33-40)61-57(38-20-8-3-9-21-38)56(59-50)37-18-6-2-7-19-37/h1-35H. The Kier molecular flexibility index (Phi) is 7.49. The quantitative estimate of drug-likeness (QED) is 0.167. The summed E-state index contributed by atoms with van der Waals surface area (Å²) in [5, 5.41) is 3.39. The molecule has 4 heteroatoms. The normalized spacial score (nSPS) is 13.1. The smallest absolute Gasteiger partial charge is 0.132 e. The van der Waals surface area contributed by atoms with Crippen molar-refractivity contribution in [3.8, 4) is 67.5 Å². The van der Waals surface area contributed by atoms with Crippen LogP contribution in [0.5, 0.6) is 11.5 Å². The molecule has 0 saturated heterocycles. The van der Waals surface area contributed by atoms with Gasteiger partial charge in [-0.1, -0.05) is 170 Å². The maximum atomic E-state index is 6.65. The average molecular weight is 790 g/mol. The highest BCUT2D eigenvalue weighted by Gasteiger charge is 2.51. The fourth-order valence-corrected chi connectivity index (χ4v) is 10.2. The number of fused-ring (bicyclic) bond motifs is 13. The Hall–Kier alpha value is -8.21. The van der Waals surface area contributed by atoms with E-state index < -0.39 is 5.41 Å². The summed E-state index contributed by atoms with van der Waals surface area (Å²) in [7, 11) is 0. The van der Waals surface area contributed by atoms with Crippen LogP contribution in [0.25, 0.3) is 88.7 Å². The van der Waals surface area contributed by atoms with Gasteiger partial charge in [-0.25, -0.2) is 15.0 Å². The number of nitrogens with zero attached hydrogens (tertiary/aromatic N) is 3. The van der Waals surface area contributed by atoms with Crippen molar-refractivity contribution in [3.05, 3.63) is 235 Å². The number of hydrogen-bond acceptors (Lipinski definition) is 4. The minimum atomic E-state index is -0.570. The Morgan fingerprint density at radius 1 is 0.290 bits per heavy atom.